The smallest absolute Gasteiger partial charge is 0.0640 e. The lowest BCUT2D eigenvalue weighted by atomic mass is 10.3. The molecule has 0 fully saturated rings. The third-order valence-corrected chi connectivity index (χ3v) is 1.74. The van der Waals surface area contributed by atoms with E-state index in [-0.39, 0.29) is 6.61 Å². The molecule has 0 aliphatic heterocycles. The minimum Gasteiger partial charge on any atom is -0.394 e. The lowest BCUT2D eigenvalue weighted by Crippen LogP contribution is -2.12. The Kier molecular flexibility index (Phi) is 4.76. The highest BCUT2D eigenvalue weighted by Gasteiger charge is 1.96. The van der Waals surface area contributed by atoms with E-state index in [9.17, 15) is 0 Å². The second-order valence-corrected chi connectivity index (χ2v) is 2.87. The van der Waals surface area contributed by atoms with E-state index in [2.05, 4.69) is 22.3 Å². The number of rotatable bonds is 5. The number of nitrogens with one attached hydrogen (secondary N) is 1. The SMILES string of the molecule is CC#CCNCc1cnn(CCO)c1. The number of hydrogen-bond acceptors (Lipinski definition) is 3. The molecule has 14 heavy (non-hydrogen) atoms. The van der Waals surface area contributed by atoms with Gasteiger partial charge >= 0.3 is 0 Å². The van der Waals surface area contributed by atoms with Crippen molar-refractivity contribution in [1.29, 1.82) is 0 Å². The lowest BCUT2D eigenvalue weighted by Gasteiger charge is -1.96. The molecule has 0 amide bonds. The number of aliphatic hydroxyl groups is 1. The first-order valence-corrected chi connectivity index (χ1v) is 4.59. The summed E-state index contributed by atoms with van der Waals surface area (Å²) < 4.78 is 1.72. The van der Waals surface area contributed by atoms with Gasteiger partial charge in [-0.3, -0.25) is 4.68 Å². The maximum absolute atomic E-state index is 8.68. The first-order chi connectivity index (χ1) is 6.86. The number of hydrogen-bond donors (Lipinski definition) is 2. The highest BCUT2D eigenvalue weighted by Crippen LogP contribution is 1.96. The average molecular weight is 193 g/mol. The van der Waals surface area contributed by atoms with Crippen LogP contribution in [-0.2, 0) is 13.1 Å². The van der Waals surface area contributed by atoms with Gasteiger partial charge in [0.1, 0.15) is 0 Å². The molecule has 1 rings (SSSR count). The van der Waals surface area contributed by atoms with Gasteiger partial charge in [-0.2, -0.15) is 5.10 Å². The molecule has 76 valence electrons. The fraction of sp³-hybridized carbons (Fsp3) is 0.500. The summed E-state index contributed by atoms with van der Waals surface area (Å²) in [5, 5.41) is 15.9. The van der Waals surface area contributed by atoms with Crippen LogP contribution in [0.3, 0.4) is 0 Å². The van der Waals surface area contributed by atoms with E-state index in [1.165, 1.54) is 0 Å². The van der Waals surface area contributed by atoms with Crippen molar-refractivity contribution in [2.24, 2.45) is 0 Å². The summed E-state index contributed by atoms with van der Waals surface area (Å²) in [5.74, 6) is 5.74. The van der Waals surface area contributed by atoms with Crippen LogP contribution in [0.5, 0.6) is 0 Å². The standard InChI is InChI=1S/C10H15N3O/c1-2-3-4-11-7-10-8-12-13(9-10)5-6-14/h8-9,11,14H,4-7H2,1H3. The Hall–Kier alpha value is -1.31. The van der Waals surface area contributed by atoms with Gasteiger partial charge in [-0.1, -0.05) is 5.92 Å². The summed E-state index contributed by atoms with van der Waals surface area (Å²) in [6, 6.07) is 0. The van der Waals surface area contributed by atoms with E-state index in [0.717, 1.165) is 12.1 Å². The summed E-state index contributed by atoms with van der Waals surface area (Å²) in [5.41, 5.74) is 1.11. The fourth-order valence-corrected chi connectivity index (χ4v) is 1.08. The predicted octanol–water partition coefficient (Wildman–Crippen LogP) is -0.0117. The van der Waals surface area contributed by atoms with Crippen LogP contribution in [0.25, 0.3) is 0 Å². The monoisotopic (exact) mass is 193 g/mol. The van der Waals surface area contributed by atoms with Crippen molar-refractivity contribution >= 4 is 0 Å². The largest absolute Gasteiger partial charge is 0.394 e. The normalized spacial score (nSPS) is 9.57. The zero-order valence-electron chi connectivity index (χ0n) is 8.32. The van der Waals surface area contributed by atoms with Gasteiger partial charge in [0.15, 0.2) is 0 Å². The highest BCUT2D eigenvalue weighted by atomic mass is 16.3. The molecule has 0 unspecified atom stereocenters. The van der Waals surface area contributed by atoms with Gasteiger partial charge in [0.05, 0.1) is 25.9 Å². The zero-order valence-corrected chi connectivity index (χ0v) is 8.32. The molecule has 1 aromatic heterocycles. The Morgan fingerprint density at radius 3 is 3.21 bits per heavy atom. The van der Waals surface area contributed by atoms with Crippen LogP contribution in [0.4, 0.5) is 0 Å². The Bertz CT molecular complexity index is 322. The van der Waals surface area contributed by atoms with Crippen LogP contribution in [0, 0.1) is 11.8 Å². The van der Waals surface area contributed by atoms with Gasteiger partial charge in [-0.15, -0.1) is 5.92 Å². The second-order valence-electron chi connectivity index (χ2n) is 2.87. The molecule has 1 heterocycles. The van der Waals surface area contributed by atoms with E-state index in [4.69, 9.17) is 5.11 Å². The molecule has 0 radical (unpaired) electrons. The van der Waals surface area contributed by atoms with E-state index in [0.29, 0.717) is 13.1 Å². The van der Waals surface area contributed by atoms with Crippen molar-refractivity contribution in [3.05, 3.63) is 18.0 Å². The lowest BCUT2D eigenvalue weighted by molar-refractivity contribution is 0.269. The summed E-state index contributed by atoms with van der Waals surface area (Å²) >= 11 is 0. The second kappa shape index (κ2) is 6.19. The van der Waals surface area contributed by atoms with Gasteiger partial charge in [-0.25, -0.2) is 0 Å². The minimum atomic E-state index is 0.121. The molecule has 0 atom stereocenters. The van der Waals surface area contributed by atoms with Crippen LogP contribution in [0.1, 0.15) is 12.5 Å². The molecule has 2 N–H and O–H groups in total. The van der Waals surface area contributed by atoms with Gasteiger partial charge in [0, 0.05) is 18.3 Å². The Labute approximate surface area is 83.9 Å². The highest BCUT2D eigenvalue weighted by molar-refractivity contribution is 5.04. The molecular weight excluding hydrogens is 178 g/mol. The van der Waals surface area contributed by atoms with Crippen LogP contribution in [-0.4, -0.2) is 28.0 Å². The van der Waals surface area contributed by atoms with E-state index in [1.54, 1.807) is 10.9 Å². The molecule has 0 aromatic carbocycles. The molecule has 4 nitrogen and oxygen atoms in total. The van der Waals surface area contributed by atoms with Gasteiger partial charge in [0.2, 0.25) is 0 Å². The Morgan fingerprint density at radius 2 is 2.50 bits per heavy atom. The van der Waals surface area contributed by atoms with Crippen molar-refractivity contribution < 1.29 is 5.11 Å². The molecule has 0 aliphatic rings. The Morgan fingerprint density at radius 1 is 1.64 bits per heavy atom. The minimum absolute atomic E-state index is 0.121. The number of aliphatic hydroxyl groups excluding tert-OH is 1. The zero-order chi connectivity index (χ0) is 10.2. The van der Waals surface area contributed by atoms with Gasteiger partial charge < -0.3 is 10.4 Å². The molecule has 1 aromatic rings. The van der Waals surface area contributed by atoms with Crippen molar-refractivity contribution in [2.45, 2.75) is 20.0 Å². The first kappa shape index (κ1) is 10.8. The Balaban J connectivity index is 2.31. The molecule has 0 saturated heterocycles. The third kappa shape index (κ3) is 3.60. The molecule has 0 saturated carbocycles. The number of aromatic nitrogens is 2. The van der Waals surface area contributed by atoms with Crippen LogP contribution in [0.15, 0.2) is 12.4 Å². The predicted molar refractivity (Wildman–Crippen MR) is 54.5 cm³/mol. The topological polar surface area (TPSA) is 50.1 Å². The maximum Gasteiger partial charge on any atom is 0.0640 e. The molecule has 0 bridgehead atoms. The summed E-state index contributed by atoms with van der Waals surface area (Å²) in [6.07, 6.45) is 3.71. The fourth-order valence-electron chi connectivity index (χ4n) is 1.08. The van der Waals surface area contributed by atoms with E-state index >= 15 is 0 Å². The summed E-state index contributed by atoms with van der Waals surface area (Å²) in [6.45, 7) is 3.95. The third-order valence-electron chi connectivity index (χ3n) is 1.74. The molecule has 4 heteroatoms. The molecule has 0 spiro atoms. The van der Waals surface area contributed by atoms with E-state index < -0.39 is 0 Å². The van der Waals surface area contributed by atoms with Crippen LogP contribution in [0.2, 0.25) is 0 Å². The van der Waals surface area contributed by atoms with Crippen LogP contribution < -0.4 is 5.32 Å². The summed E-state index contributed by atoms with van der Waals surface area (Å²) in [4.78, 5) is 0. The van der Waals surface area contributed by atoms with Gasteiger partial charge in [0.25, 0.3) is 0 Å². The van der Waals surface area contributed by atoms with Crippen molar-refractivity contribution in [2.75, 3.05) is 13.2 Å². The maximum atomic E-state index is 8.68. The van der Waals surface area contributed by atoms with Gasteiger partial charge in [-0.05, 0) is 6.92 Å². The number of nitrogens with zero attached hydrogens (tertiary/aromatic N) is 2. The van der Waals surface area contributed by atoms with Crippen molar-refractivity contribution in [3.8, 4) is 11.8 Å². The van der Waals surface area contributed by atoms with E-state index in [1.807, 2.05) is 13.1 Å². The van der Waals surface area contributed by atoms with Crippen molar-refractivity contribution in [3.63, 3.8) is 0 Å². The van der Waals surface area contributed by atoms with Crippen molar-refractivity contribution in [1.82, 2.24) is 15.1 Å². The first-order valence-electron chi connectivity index (χ1n) is 4.59. The van der Waals surface area contributed by atoms with Crippen LogP contribution >= 0.6 is 0 Å². The molecular formula is C10H15N3O. The quantitative estimate of drug-likeness (QED) is 0.511. The molecule has 0 aliphatic carbocycles. The summed E-state index contributed by atoms with van der Waals surface area (Å²) in [7, 11) is 0. The average Bonchev–Trinajstić information content (AvgIpc) is 2.61.